The number of anilines is 1. The van der Waals surface area contributed by atoms with E-state index in [1.165, 1.54) is 6.26 Å². The van der Waals surface area contributed by atoms with E-state index in [4.69, 9.17) is 0 Å². The first kappa shape index (κ1) is 7.79. The summed E-state index contributed by atoms with van der Waals surface area (Å²) >= 11 is 0. The maximum atomic E-state index is 4.67. The Hall–Kier alpha value is -1.84. The van der Waals surface area contributed by atoms with Crippen molar-refractivity contribution in [2.75, 3.05) is 5.32 Å². The normalized spacial score (nSPS) is 9.85. The van der Waals surface area contributed by atoms with E-state index < -0.39 is 0 Å². The van der Waals surface area contributed by atoms with Crippen LogP contribution in [0.15, 0.2) is 41.2 Å². The Morgan fingerprint density at radius 3 is 3.00 bits per heavy atom. The predicted octanol–water partition coefficient (Wildman–Crippen LogP) is 1.68. The van der Waals surface area contributed by atoms with Crippen LogP contribution in [0, 0.1) is 0 Å². The molecule has 0 bridgehead atoms. The molecule has 2 aromatic rings. The van der Waals surface area contributed by atoms with Gasteiger partial charge in [0.1, 0.15) is 6.26 Å². The zero-order valence-corrected chi connectivity index (χ0v) is 6.97. The molecule has 0 saturated carbocycles. The Balaban J connectivity index is 1.94. The fourth-order valence-corrected chi connectivity index (χ4v) is 0.988. The molecule has 0 atom stereocenters. The van der Waals surface area contributed by atoms with Crippen LogP contribution in [0.1, 0.15) is 5.69 Å². The summed E-state index contributed by atoms with van der Waals surface area (Å²) in [5, 5.41) is 6.79. The number of hydrogen-bond acceptors (Lipinski definition) is 4. The Bertz CT molecular complexity index is 344. The van der Waals surface area contributed by atoms with Gasteiger partial charge in [-0.3, -0.25) is 4.98 Å². The Morgan fingerprint density at radius 2 is 2.31 bits per heavy atom. The highest BCUT2D eigenvalue weighted by Gasteiger charge is 1.95. The lowest BCUT2D eigenvalue weighted by atomic mass is 10.3. The van der Waals surface area contributed by atoms with Crippen LogP contribution in [0.2, 0.25) is 0 Å². The van der Waals surface area contributed by atoms with Crippen molar-refractivity contribution < 1.29 is 4.52 Å². The van der Waals surface area contributed by atoms with E-state index in [1.807, 2.05) is 18.2 Å². The standard InChI is InChI=1S/C9H9N3O/c1-2-5-10-8(3-1)7-11-9-4-6-13-12-9/h1-6H,7H2,(H,11,12). The van der Waals surface area contributed by atoms with Crippen LogP contribution in [0.25, 0.3) is 0 Å². The minimum atomic E-state index is 0.660. The van der Waals surface area contributed by atoms with Gasteiger partial charge in [0.05, 0.1) is 12.2 Å². The van der Waals surface area contributed by atoms with Crippen molar-refractivity contribution >= 4 is 5.82 Å². The number of hydrogen-bond donors (Lipinski definition) is 1. The molecule has 0 aliphatic heterocycles. The molecule has 2 aromatic heterocycles. The molecule has 0 fully saturated rings. The van der Waals surface area contributed by atoms with Gasteiger partial charge < -0.3 is 9.84 Å². The number of aromatic nitrogens is 2. The molecular weight excluding hydrogens is 166 g/mol. The topological polar surface area (TPSA) is 51.0 Å². The molecule has 0 saturated heterocycles. The summed E-state index contributed by atoms with van der Waals surface area (Å²) in [5.41, 5.74) is 0.977. The van der Waals surface area contributed by atoms with Gasteiger partial charge in [-0.1, -0.05) is 11.2 Å². The van der Waals surface area contributed by atoms with Crippen molar-refractivity contribution in [1.29, 1.82) is 0 Å². The zero-order chi connectivity index (χ0) is 8.93. The molecule has 0 spiro atoms. The van der Waals surface area contributed by atoms with E-state index in [0.29, 0.717) is 6.54 Å². The molecule has 0 aromatic carbocycles. The molecule has 0 aliphatic carbocycles. The van der Waals surface area contributed by atoms with Crippen molar-refractivity contribution in [2.45, 2.75) is 6.54 Å². The lowest BCUT2D eigenvalue weighted by Crippen LogP contribution is -2.00. The van der Waals surface area contributed by atoms with Gasteiger partial charge in [0.15, 0.2) is 5.82 Å². The van der Waals surface area contributed by atoms with Crippen molar-refractivity contribution in [1.82, 2.24) is 10.1 Å². The smallest absolute Gasteiger partial charge is 0.169 e. The summed E-state index contributed by atoms with van der Waals surface area (Å²) in [7, 11) is 0. The van der Waals surface area contributed by atoms with E-state index in [2.05, 4.69) is 20.0 Å². The van der Waals surface area contributed by atoms with Crippen LogP contribution in [0.5, 0.6) is 0 Å². The van der Waals surface area contributed by atoms with Crippen LogP contribution < -0.4 is 5.32 Å². The minimum absolute atomic E-state index is 0.660. The van der Waals surface area contributed by atoms with E-state index in [-0.39, 0.29) is 0 Å². The zero-order valence-electron chi connectivity index (χ0n) is 6.97. The van der Waals surface area contributed by atoms with Gasteiger partial charge in [0.2, 0.25) is 0 Å². The van der Waals surface area contributed by atoms with Crippen LogP contribution in [-0.4, -0.2) is 10.1 Å². The van der Waals surface area contributed by atoms with E-state index in [9.17, 15) is 0 Å². The summed E-state index contributed by atoms with van der Waals surface area (Å²) in [6.07, 6.45) is 3.29. The summed E-state index contributed by atoms with van der Waals surface area (Å²) in [5.74, 6) is 0.727. The molecule has 0 amide bonds. The molecule has 1 N–H and O–H groups in total. The van der Waals surface area contributed by atoms with E-state index >= 15 is 0 Å². The van der Waals surface area contributed by atoms with E-state index in [0.717, 1.165) is 11.5 Å². The molecule has 0 unspecified atom stereocenters. The molecule has 66 valence electrons. The van der Waals surface area contributed by atoms with Crippen molar-refractivity contribution in [2.24, 2.45) is 0 Å². The fourth-order valence-electron chi connectivity index (χ4n) is 0.988. The van der Waals surface area contributed by atoms with Crippen LogP contribution in [0.4, 0.5) is 5.82 Å². The average Bonchev–Trinajstić information content (AvgIpc) is 2.69. The second kappa shape index (κ2) is 3.71. The molecule has 0 aliphatic rings. The van der Waals surface area contributed by atoms with Gasteiger partial charge in [-0.05, 0) is 12.1 Å². The highest BCUT2D eigenvalue weighted by molar-refractivity contribution is 5.31. The Labute approximate surface area is 75.6 Å². The summed E-state index contributed by atoms with van der Waals surface area (Å²) in [6.45, 7) is 0.660. The summed E-state index contributed by atoms with van der Waals surface area (Å²) < 4.78 is 4.67. The molecule has 2 heterocycles. The molecule has 0 radical (unpaired) electrons. The summed E-state index contributed by atoms with van der Waals surface area (Å²) in [4.78, 5) is 4.16. The van der Waals surface area contributed by atoms with Gasteiger partial charge in [-0.2, -0.15) is 0 Å². The first-order valence-electron chi connectivity index (χ1n) is 3.99. The Kier molecular flexibility index (Phi) is 2.22. The largest absolute Gasteiger partial charge is 0.363 e. The maximum absolute atomic E-state index is 4.67. The predicted molar refractivity (Wildman–Crippen MR) is 48.1 cm³/mol. The van der Waals surface area contributed by atoms with Crippen molar-refractivity contribution in [3.63, 3.8) is 0 Å². The molecular formula is C9H9N3O. The molecule has 4 heteroatoms. The SMILES string of the molecule is c1ccc(CNc2ccon2)nc1. The molecule has 4 nitrogen and oxygen atoms in total. The van der Waals surface area contributed by atoms with E-state index in [1.54, 1.807) is 12.3 Å². The monoisotopic (exact) mass is 175 g/mol. The van der Waals surface area contributed by atoms with Crippen molar-refractivity contribution in [3.8, 4) is 0 Å². The Morgan fingerprint density at radius 1 is 1.31 bits per heavy atom. The van der Waals surface area contributed by atoms with Crippen molar-refractivity contribution in [3.05, 3.63) is 42.4 Å². The van der Waals surface area contributed by atoms with Gasteiger partial charge in [0, 0.05) is 12.3 Å². The quantitative estimate of drug-likeness (QED) is 0.771. The third kappa shape index (κ3) is 2.05. The first-order chi connectivity index (χ1) is 6.45. The number of pyridine rings is 1. The van der Waals surface area contributed by atoms with Gasteiger partial charge in [-0.25, -0.2) is 0 Å². The summed E-state index contributed by atoms with van der Waals surface area (Å²) in [6, 6.07) is 7.56. The second-order valence-electron chi connectivity index (χ2n) is 2.56. The number of nitrogens with zero attached hydrogens (tertiary/aromatic N) is 2. The second-order valence-corrected chi connectivity index (χ2v) is 2.56. The third-order valence-corrected chi connectivity index (χ3v) is 1.61. The molecule has 2 rings (SSSR count). The average molecular weight is 175 g/mol. The minimum Gasteiger partial charge on any atom is -0.363 e. The van der Waals surface area contributed by atoms with Gasteiger partial charge >= 0.3 is 0 Å². The lowest BCUT2D eigenvalue weighted by Gasteiger charge is -1.99. The van der Waals surface area contributed by atoms with Crippen LogP contribution >= 0.6 is 0 Å². The molecule has 13 heavy (non-hydrogen) atoms. The number of rotatable bonds is 3. The first-order valence-corrected chi connectivity index (χ1v) is 3.99. The van der Waals surface area contributed by atoms with Crippen LogP contribution in [0.3, 0.4) is 0 Å². The fraction of sp³-hybridized carbons (Fsp3) is 0.111. The number of nitrogens with one attached hydrogen (secondary N) is 1. The maximum Gasteiger partial charge on any atom is 0.169 e. The highest BCUT2D eigenvalue weighted by atomic mass is 16.5. The van der Waals surface area contributed by atoms with Crippen LogP contribution in [-0.2, 0) is 6.54 Å². The highest BCUT2D eigenvalue weighted by Crippen LogP contribution is 2.03. The van der Waals surface area contributed by atoms with Gasteiger partial charge in [-0.15, -0.1) is 0 Å². The lowest BCUT2D eigenvalue weighted by molar-refractivity contribution is 0.422. The van der Waals surface area contributed by atoms with Gasteiger partial charge in [0.25, 0.3) is 0 Å². The third-order valence-electron chi connectivity index (χ3n) is 1.61.